The molecule has 1 heterocycles. The van der Waals surface area contributed by atoms with E-state index in [0.29, 0.717) is 11.8 Å². The molecule has 0 saturated carbocycles. The summed E-state index contributed by atoms with van der Waals surface area (Å²) >= 11 is 0. The van der Waals surface area contributed by atoms with Crippen LogP contribution in [0.4, 0.5) is 0 Å². The first-order chi connectivity index (χ1) is 12.6. The molecular weight excluding hydrogens is 314 g/mol. The van der Waals surface area contributed by atoms with Gasteiger partial charge in [0.2, 0.25) is 0 Å². The zero-order valence-corrected chi connectivity index (χ0v) is 16.5. The molecule has 0 saturated heterocycles. The predicted molar refractivity (Wildman–Crippen MR) is 117 cm³/mol. The fourth-order valence-electron chi connectivity index (χ4n) is 3.05. The molecule has 1 aromatic carbocycles. The van der Waals surface area contributed by atoms with Crippen molar-refractivity contribution in [2.45, 2.75) is 40.5 Å². The SMILES string of the molecule is CC/C=C\C/C1=C\C=C(/C)c2ccccc2\C=C/C=N/C=C/C(C)C1C. The summed E-state index contributed by atoms with van der Waals surface area (Å²) in [5.41, 5.74) is 5.23. The fourth-order valence-corrected chi connectivity index (χ4v) is 3.05. The van der Waals surface area contributed by atoms with Gasteiger partial charge in [-0.2, -0.15) is 0 Å². The number of hydrogen-bond acceptors (Lipinski definition) is 1. The van der Waals surface area contributed by atoms with Gasteiger partial charge in [0.05, 0.1) is 0 Å². The van der Waals surface area contributed by atoms with Crippen molar-refractivity contribution < 1.29 is 0 Å². The fraction of sp³-hybridized carbons (Fsp3) is 0.320. The van der Waals surface area contributed by atoms with Gasteiger partial charge in [0.1, 0.15) is 0 Å². The lowest BCUT2D eigenvalue weighted by Gasteiger charge is -2.19. The molecule has 0 spiro atoms. The van der Waals surface area contributed by atoms with Crippen molar-refractivity contribution in [3.8, 4) is 0 Å². The van der Waals surface area contributed by atoms with Crippen molar-refractivity contribution in [1.82, 2.24) is 0 Å². The van der Waals surface area contributed by atoms with Gasteiger partial charge in [0.25, 0.3) is 0 Å². The van der Waals surface area contributed by atoms with E-state index in [2.05, 4.69) is 93.4 Å². The Bertz CT molecular complexity index is 756. The van der Waals surface area contributed by atoms with Crippen LogP contribution in [0.25, 0.3) is 11.6 Å². The Morgan fingerprint density at radius 3 is 2.69 bits per heavy atom. The Morgan fingerprint density at radius 1 is 1.08 bits per heavy atom. The molecule has 0 aliphatic carbocycles. The lowest BCUT2D eigenvalue weighted by atomic mass is 9.86. The second-order valence-corrected chi connectivity index (χ2v) is 6.91. The number of nitrogens with zero attached hydrogens (tertiary/aromatic N) is 1. The number of hydrogen-bond donors (Lipinski definition) is 0. The van der Waals surface area contributed by atoms with E-state index in [1.807, 2.05) is 18.5 Å². The van der Waals surface area contributed by atoms with Gasteiger partial charge >= 0.3 is 0 Å². The highest BCUT2D eigenvalue weighted by Crippen LogP contribution is 2.27. The molecular formula is C25H31N. The lowest BCUT2D eigenvalue weighted by Crippen LogP contribution is -2.08. The molecule has 0 bridgehead atoms. The van der Waals surface area contributed by atoms with Gasteiger partial charge in [-0.15, -0.1) is 0 Å². The van der Waals surface area contributed by atoms with Crippen molar-refractivity contribution in [2.24, 2.45) is 16.8 Å². The van der Waals surface area contributed by atoms with E-state index < -0.39 is 0 Å². The Morgan fingerprint density at radius 2 is 1.88 bits per heavy atom. The standard InChI is InChI=1S/C25H31N/c1-5-6-7-11-23-16-15-21(3)25-14-9-8-12-24(25)13-10-18-26-19-17-20(2)22(23)4/h6-10,12-20,22H,5,11H2,1-4H3/b7-6-,13-10-,19-17+,21-15+,23-16+,26-18+. The minimum atomic E-state index is 0.446. The van der Waals surface area contributed by atoms with Crippen LogP contribution >= 0.6 is 0 Å². The average molecular weight is 346 g/mol. The van der Waals surface area contributed by atoms with Crippen molar-refractivity contribution in [1.29, 1.82) is 0 Å². The molecule has 136 valence electrons. The van der Waals surface area contributed by atoms with Gasteiger partial charge in [0, 0.05) is 12.4 Å². The number of allylic oxidation sites excluding steroid dienone is 8. The molecule has 0 amide bonds. The second-order valence-electron chi connectivity index (χ2n) is 6.91. The van der Waals surface area contributed by atoms with Gasteiger partial charge in [0.15, 0.2) is 0 Å². The van der Waals surface area contributed by atoms with Crippen molar-refractivity contribution in [3.63, 3.8) is 0 Å². The molecule has 26 heavy (non-hydrogen) atoms. The monoisotopic (exact) mass is 345 g/mol. The van der Waals surface area contributed by atoms with E-state index in [0.717, 1.165) is 12.8 Å². The summed E-state index contributed by atoms with van der Waals surface area (Å²) in [5, 5.41) is 0. The summed E-state index contributed by atoms with van der Waals surface area (Å²) in [6.07, 6.45) is 21.3. The summed E-state index contributed by atoms with van der Waals surface area (Å²) in [5.74, 6) is 0.919. The first kappa shape index (κ1) is 19.9. The highest BCUT2D eigenvalue weighted by atomic mass is 14.7. The molecule has 0 aromatic heterocycles. The van der Waals surface area contributed by atoms with Crippen LogP contribution in [0.15, 0.2) is 77.5 Å². The van der Waals surface area contributed by atoms with Crippen LogP contribution in [-0.2, 0) is 0 Å². The highest BCUT2D eigenvalue weighted by molar-refractivity contribution is 5.82. The van der Waals surface area contributed by atoms with Crippen LogP contribution < -0.4 is 0 Å². The number of aliphatic imine (C=N–C) groups is 1. The molecule has 0 N–H and O–H groups in total. The molecule has 1 aromatic rings. The number of benzene rings is 1. The van der Waals surface area contributed by atoms with Crippen molar-refractivity contribution in [3.05, 3.63) is 83.6 Å². The molecule has 0 fully saturated rings. The maximum Gasteiger partial charge on any atom is 0.0267 e. The van der Waals surface area contributed by atoms with Crippen LogP contribution in [0.2, 0.25) is 0 Å². The zero-order valence-electron chi connectivity index (χ0n) is 16.5. The van der Waals surface area contributed by atoms with Crippen LogP contribution in [0, 0.1) is 11.8 Å². The third-order valence-corrected chi connectivity index (χ3v) is 4.99. The molecule has 2 rings (SSSR count). The highest BCUT2D eigenvalue weighted by Gasteiger charge is 2.13. The van der Waals surface area contributed by atoms with Crippen molar-refractivity contribution >= 4 is 17.9 Å². The van der Waals surface area contributed by atoms with E-state index in [4.69, 9.17) is 0 Å². The maximum atomic E-state index is 4.40. The summed E-state index contributed by atoms with van der Waals surface area (Å²) in [6.45, 7) is 8.95. The van der Waals surface area contributed by atoms with Crippen LogP contribution in [0.5, 0.6) is 0 Å². The molecule has 1 nitrogen and oxygen atoms in total. The molecule has 1 aliphatic heterocycles. The first-order valence-electron chi connectivity index (χ1n) is 9.61. The minimum absolute atomic E-state index is 0.446. The quantitative estimate of drug-likeness (QED) is 0.511. The number of fused-ring (bicyclic) bond motifs is 1. The Balaban J connectivity index is 2.48. The smallest absolute Gasteiger partial charge is 0.0267 e. The summed E-state index contributed by atoms with van der Waals surface area (Å²) < 4.78 is 0. The van der Waals surface area contributed by atoms with E-state index in [-0.39, 0.29) is 0 Å². The van der Waals surface area contributed by atoms with E-state index in [1.54, 1.807) is 0 Å². The largest absolute Gasteiger partial charge is 0.265 e. The van der Waals surface area contributed by atoms with Gasteiger partial charge in [-0.3, -0.25) is 4.99 Å². The summed E-state index contributed by atoms with van der Waals surface area (Å²) in [4.78, 5) is 4.40. The van der Waals surface area contributed by atoms with Gasteiger partial charge in [-0.25, -0.2) is 0 Å². The van der Waals surface area contributed by atoms with Crippen LogP contribution in [0.1, 0.15) is 51.7 Å². The Kier molecular flexibility index (Phi) is 8.08. The topological polar surface area (TPSA) is 12.4 Å². The van der Waals surface area contributed by atoms with E-state index in [1.165, 1.54) is 22.3 Å². The second kappa shape index (κ2) is 10.6. The van der Waals surface area contributed by atoms with E-state index in [9.17, 15) is 0 Å². The zero-order chi connectivity index (χ0) is 18.8. The first-order valence-corrected chi connectivity index (χ1v) is 9.61. The van der Waals surface area contributed by atoms with Gasteiger partial charge in [-0.05, 0) is 54.4 Å². The molecule has 1 aliphatic rings. The van der Waals surface area contributed by atoms with Crippen molar-refractivity contribution in [2.75, 3.05) is 0 Å². The van der Waals surface area contributed by atoms with Crippen LogP contribution in [-0.4, -0.2) is 6.21 Å². The maximum absolute atomic E-state index is 4.40. The van der Waals surface area contributed by atoms with Gasteiger partial charge < -0.3 is 0 Å². The normalized spacial score (nSPS) is 28.9. The molecule has 2 unspecified atom stereocenters. The molecule has 1 heteroatoms. The molecule has 2 atom stereocenters. The summed E-state index contributed by atoms with van der Waals surface area (Å²) in [7, 11) is 0. The molecule has 0 radical (unpaired) electrons. The minimum Gasteiger partial charge on any atom is -0.265 e. The third-order valence-electron chi connectivity index (χ3n) is 4.99. The van der Waals surface area contributed by atoms with Gasteiger partial charge in [-0.1, -0.05) is 87.1 Å². The average Bonchev–Trinajstić information content (AvgIpc) is 2.66. The summed E-state index contributed by atoms with van der Waals surface area (Å²) in [6, 6.07) is 8.52. The lowest BCUT2D eigenvalue weighted by molar-refractivity contribution is 0.521. The van der Waals surface area contributed by atoms with E-state index >= 15 is 0 Å². The van der Waals surface area contributed by atoms with Crippen LogP contribution in [0.3, 0.4) is 0 Å². The number of rotatable bonds is 3. The Labute approximate surface area is 159 Å². The third kappa shape index (κ3) is 5.84. The predicted octanol–water partition coefficient (Wildman–Crippen LogP) is 7.26. The Hall–Kier alpha value is -2.41.